The summed E-state index contributed by atoms with van der Waals surface area (Å²) in [6.07, 6.45) is 1.81. The van der Waals surface area contributed by atoms with Gasteiger partial charge >= 0.3 is 0 Å². The molecule has 0 unspecified atom stereocenters. The molecule has 0 radical (unpaired) electrons. The van der Waals surface area contributed by atoms with Crippen LogP contribution in [-0.4, -0.2) is 19.4 Å². The Morgan fingerprint density at radius 2 is 2.00 bits per heavy atom. The van der Waals surface area contributed by atoms with Crippen LogP contribution in [0, 0.1) is 6.92 Å². The molecule has 0 aliphatic rings. The van der Waals surface area contributed by atoms with Crippen LogP contribution in [0.5, 0.6) is 0 Å². The maximum Gasteiger partial charge on any atom is 0.242 e. The number of rotatable bonds is 6. The van der Waals surface area contributed by atoms with E-state index in [0.29, 0.717) is 12.2 Å². The van der Waals surface area contributed by atoms with Gasteiger partial charge in [-0.15, -0.1) is 11.3 Å². The number of aromatic nitrogens is 1. The van der Waals surface area contributed by atoms with Gasteiger partial charge in [0, 0.05) is 17.1 Å². The Kier molecular flexibility index (Phi) is 4.97. The second kappa shape index (κ2) is 6.55. The summed E-state index contributed by atoms with van der Waals surface area (Å²) in [5.41, 5.74) is 0.582. The molecule has 0 saturated carbocycles. The highest BCUT2D eigenvalue weighted by Crippen LogP contribution is 2.22. The Bertz CT molecular complexity index is 709. The zero-order chi connectivity index (χ0) is 15.5. The van der Waals surface area contributed by atoms with Crippen LogP contribution in [0.2, 0.25) is 0 Å². The van der Waals surface area contributed by atoms with E-state index in [1.54, 1.807) is 43.4 Å². The lowest BCUT2D eigenvalue weighted by Gasteiger charge is -2.14. The first kappa shape index (κ1) is 15.9. The van der Waals surface area contributed by atoms with E-state index < -0.39 is 10.0 Å². The van der Waals surface area contributed by atoms with E-state index in [0.717, 1.165) is 9.88 Å². The number of hydrogen-bond acceptors (Lipinski definition) is 5. The molecule has 21 heavy (non-hydrogen) atoms. The van der Waals surface area contributed by atoms with Crippen LogP contribution in [0.15, 0.2) is 35.4 Å². The molecule has 1 heterocycles. The Labute approximate surface area is 129 Å². The lowest BCUT2D eigenvalue weighted by molar-refractivity contribution is 0.570. The van der Waals surface area contributed by atoms with Gasteiger partial charge in [0.05, 0.1) is 12.2 Å². The number of benzene rings is 1. The van der Waals surface area contributed by atoms with Crippen molar-refractivity contribution in [2.75, 3.05) is 5.32 Å². The number of aryl methyl sites for hydroxylation is 1. The number of nitrogens with one attached hydrogen (secondary N) is 2. The first-order chi connectivity index (χ1) is 9.88. The molecule has 0 bridgehead atoms. The summed E-state index contributed by atoms with van der Waals surface area (Å²) >= 11 is 1.59. The number of anilines is 1. The Balaban J connectivity index is 2.21. The molecule has 0 saturated heterocycles. The quantitative estimate of drug-likeness (QED) is 0.857. The molecule has 1 aromatic heterocycles. The summed E-state index contributed by atoms with van der Waals surface area (Å²) in [4.78, 5) is 5.65. The van der Waals surface area contributed by atoms with Crippen LogP contribution in [0.4, 0.5) is 5.69 Å². The van der Waals surface area contributed by atoms with E-state index in [4.69, 9.17) is 0 Å². The molecular weight excluding hydrogens is 306 g/mol. The third-order valence-corrected chi connectivity index (χ3v) is 5.30. The van der Waals surface area contributed by atoms with Crippen LogP contribution >= 0.6 is 11.3 Å². The molecule has 114 valence electrons. The van der Waals surface area contributed by atoms with Crippen molar-refractivity contribution in [3.8, 4) is 0 Å². The standard InChI is InChI=1S/C14H19N3O2S2/c1-10(2)17-21(18,19)13-7-5-4-6-12(13)15-9-14-16-8-11(3)20-14/h4-8,10,15,17H,9H2,1-3H3. The van der Waals surface area contributed by atoms with E-state index in [2.05, 4.69) is 15.0 Å². The Morgan fingerprint density at radius 3 is 2.62 bits per heavy atom. The lowest BCUT2D eigenvalue weighted by Crippen LogP contribution is -2.30. The van der Waals surface area contributed by atoms with Crippen molar-refractivity contribution in [2.24, 2.45) is 0 Å². The third-order valence-electron chi connectivity index (χ3n) is 2.67. The molecule has 0 spiro atoms. The topological polar surface area (TPSA) is 71.1 Å². The minimum atomic E-state index is -3.52. The van der Waals surface area contributed by atoms with Crippen molar-refractivity contribution < 1.29 is 8.42 Å². The maximum absolute atomic E-state index is 12.3. The van der Waals surface area contributed by atoms with Gasteiger partial charge in [0.15, 0.2) is 0 Å². The summed E-state index contributed by atoms with van der Waals surface area (Å²) in [5, 5.41) is 4.08. The van der Waals surface area contributed by atoms with Crippen molar-refractivity contribution in [3.05, 3.63) is 40.3 Å². The van der Waals surface area contributed by atoms with Crippen molar-refractivity contribution in [1.29, 1.82) is 0 Å². The Morgan fingerprint density at radius 1 is 1.29 bits per heavy atom. The van der Waals surface area contributed by atoms with Gasteiger partial charge in [-0.25, -0.2) is 18.1 Å². The van der Waals surface area contributed by atoms with E-state index in [9.17, 15) is 8.42 Å². The van der Waals surface area contributed by atoms with Crippen molar-refractivity contribution in [3.63, 3.8) is 0 Å². The fourth-order valence-corrected chi connectivity index (χ4v) is 4.04. The molecule has 2 rings (SSSR count). The van der Waals surface area contributed by atoms with Crippen molar-refractivity contribution in [2.45, 2.75) is 38.3 Å². The molecule has 0 fully saturated rings. The average molecular weight is 325 g/mol. The second-order valence-corrected chi connectivity index (χ2v) is 7.99. The molecule has 0 atom stereocenters. The maximum atomic E-state index is 12.3. The van der Waals surface area contributed by atoms with Gasteiger partial charge in [-0.2, -0.15) is 0 Å². The monoisotopic (exact) mass is 325 g/mol. The average Bonchev–Trinajstić information content (AvgIpc) is 2.81. The van der Waals surface area contributed by atoms with Gasteiger partial charge in [-0.05, 0) is 32.9 Å². The summed E-state index contributed by atoms with van der Waals surface area (Å²) in [5.74, 6) is 0. The highest BCUT2D eigenvalue weighted by Gasteiger charge is 2.19. The normalized spacial score (nSPS) is 11.8. The summed E-state index contributed by atoms with van der Waals surface area (Å²) in [6, 6.07) is 6.73. The predicted octanol–water partition coefficient (Wildman–Crippen LogP) is 2.75. The summed E-state index contributed by atoms with van der Waals surface area (Å²) < 4.78 is 27.2. The SMILES string of the molecule is Cc1cnc(CNc2ccccc2S(=O)(=O)NC(C)C)s1. The molecule has 1 aromatic carbocycles. The zero-order valence-electron chi connectivity index (χ0n) is 12.3. The van der Waals surface area contributed by atoms with Crippen LogP contribution in [0.3, 0.4) is 0 Å². The fourth-order valence-electron chi connectivity index (χ4n) is 1.87. The molecule has 0 aliphatic heterocycles. The molecule has 5 nitrogen and oxygen atoms in total. The van der Waals surface area contributed by atoms with Crippen LogP contribution < -0.4 is 10.0 Å². The van der Waals surface area contributed by atoms with Gasteiger partial charge < -0.3 is 5.32 Å². The lowest BCUT2D eigenvalue weighted by atomic mass is 10.3. The van der Waals surface area contributed by atoms with Crippen molar-refractivity contribution >= 4 is 27.0 Å². The summed E-state index contributed by atoms with van der Waals surface area (Å²) in [6.45, 7) is 6.09. The Hall–Kier alpha value is -1.44. The molecule has 2 aromatic rings. The minimum Gasteiger partial charge on any atom is -0.377 e. The van der Waals surface area contributed by atoms with Gasteiger partial charge in [0.1, 0.15) is 9.90 Å². The fraction of sp³-hybridized carbons (Fsp3) is 0.357. The summed E-state index contributed by atoms with van der Waals surface area (Å²) in [7, 11) is -3.52. The number of nitrogens with zero attached hydrogens (tertiary/aromatic N) is 1. The highest BCUT2D eigenvalue weighted by molar-refractivity contribution is 7.89. The van der Waals surface area contributed by atoms with E-state index in [-0.39, 0.29) is 10.9 Å². The molecule has 7 heteroatoms. The number of thiazole rings is 1. The largest absolute Gasteiger partial charge is 0.377 e. The van der Waals surface area contributed by atoms with E-state index in [1.165, 1.54) is 0 Å². The number of sulfonamides is 1. The molecule has 0 amide bonds. The zero-order valence-corrected chi connectivity index (χ0v) is 13.9. The first-order valence-electron chi connectivity index (χ1n) is 6.65. The second-order valence-electron chi connectivity index (χ2n) is 4.99. The van der Waals surface area contributed by atoms with Crippen LogP contribution in [0.1, 0.15) is 23.7 Å². The van der Waals surface area contributed by atoms with Gasteiger partial charge in [-0.3, -0.25) is 0 Å². The number of para-hydroxylation sites is 1. The third kappa shape index (κ3) is 4.26. The number of hydrogen-bond donors (Lipinski definition) is 2. The minimum absolute atomic E-state index is 0.148. The highest BCUT2D eigenvalue weighted by atomic mass is 32.2. The van der Waals surface area contributed by atoms with Crippen LogP contribution in [0.25, 0.3) is 0 Å². The van der Waals surface area contributed by atoms with E-state index in [1.807, 2.05) is 19.2 Å². The molecule has 0 aliphatic carbocycles. The van der Waals surface area contributed by atoms with E-state index >= 15 is 0 Å². The molecular formula is C14H19N3O2S2. The molecule has 2 N–H and O–H groups in total. The van der Waals surface area contributed by atoms with Crippen molar-refractivity contribution in [1.82, 2.24) is 9.71 Å². The van der Waals surface area contributed by atoms with Gasteiger partial charge in [0.25, 0.3) is 0 Å². The first-order valence-corrected chi connectivity index (χ1v) is 8.95. The predicted molar refractivity (Wildman–Crippen MR) is 86.1 cm³/mol. The van der Waals surface area contributed by atoms with Gasteiger partial charge in [0.2, 0.25) is 10.0 Å². The van der Waals surface area contributed by atoms with Gasteiger partial charge in [-0.1, -0.05) is 12.1 Å². The van der Waals surface area contributed by atoms with Crippen LogP contribution in [-0.2, 0) is 16.6 Å². The smallest absolute Gasteiger partial charge is 0.242 e.